The molecule has 0 N–H and O–H groups in total. The second kappa shape index (κ2) is 6.83. The number of nitrogens with zero attached hydrogens (tertiary/aromatic N) is 1. The van der Waals surface area contributed by atoms with Gasteiger partial charge >= 0.3 is 7.12 Å². The number of carbonyl (C=O) groups excluding carboxylic acids is 1. The van der Waals surface area contributed by atoms with Crippen molar-refractivity contribution < 1.29 is 27.6 Å². The molecule has 0 bridgehead atoms. The van der Waals surface area contributed by atoms with Crippen LogP contribution in [0.4, 0.5) is 14.5 Å². The van der Waals surface area contributed by atoms with Crippen LogP contribution in [0.1, 0.15) is 51.9 Å². The smallest absolute Gasteiger partial charge is 0.399 e. The van der Waals surface area contributed by atoms with E-state index in [0.29, 0.717) is 19.4 Å². The third-order valence-electron chi connectivity index (χ3n) is 5.61. The summed E-state index contributed by atoms with van der Waals surface area (Å²) < 4.78 is 47.3. The zero-order valence-electron chi connectivity index (χ0n) is 16.6. The van der Waals surface area contributed by atoms with E-state index < -0.39 is 30.0 Å². The molecule has 1 aromatic rings. The minimum absolute atomic E-state index is 0.0373. The van der Waals surface area contributed by atoms with Crippen molar-refractivity contribution in [2.75, 3.05) is 18.0 Å². The Hall–Kier alpha value is -1.51. The van der Waals surface area contributed by atoms with E-state index in [0.717, 1.165) is 0 Å². The standard InChI is InChI=1S/C19H26BF2NO4/c1-11-8-23(9-12(2)25-11)17-13(10-24)7-14(15(21)16(17)22)20-26-18(3,4)19(5,6)27-20/h7,10-12H,8-9H2,1-6H3/t11-,12-/m1/s1. The van der Waals surface area contributed by atoms with Gasteiger partial charge < -0.3 is 18.9 Å². The Morgan fingerprint density at radius 2 is 1.59 bits per heavy atom. The van der Waals surface area contributed by atoms with Gasteiger partial charge in [0.1, 0.15) is 0 Å². The lowest BCUT2D eigenvalue weighted by atomic mass is 9.77. The number of carbonyl (C=O) groups is 1. The topological polar surface area (TPSA) is 48.0 Å². The number of ether oxygens (including phenoxy) is 1. The number of morpholine rings is 1. The third kappa shape index (κ3) is 3.50. The molecule has 2 atom stereocenters. The van der Waals surface area contributed by atoms with Crippen LogP contribution in [0.15, 0.2) is 6.07 Å². The van der Waals surface area contributed by atoms with Gasteiger partial charge in [-0.3, -0.25) is 4.79 Å². The predicted octanol–water partition coefficient (Wildman–Crippen LogP) is 2.69. The van der Waals surface area contributed by atoms with Gasteiger partial charge in [0.2, 0.25) is 0 Å². The van der Waals surface area contributed by atoms with E-state index >= 15 is 4.39 Å². The van der Waals surface area contributed by atoms with Gasteiger partial charge in [0, 0.05) is 24.1 Å². The Morgan fingerprint density at radius 3 is 2.07 bits per heavy atom. The fraction of sp³-hybridized carbons (Fsp3) is 0.632. The average Bonchev–Trinajstić information content (AvgIpc) is 2.76. The highest BCUT2D eigenvalue weighted by molar-refractivity contribution is 6.62. The summed E-state index contributed by atoms with van der Waals surface area (Å²) in [6.45, 7) is 11.8. The first-order valence-corrected chi connectivity index (χ1v) is 9.20. The zero-order chi connectivity index (χ0) is 20.1. The van der Waals surface area contributed by atoms with Crippen LogP contribution in [0.5, 0.6) is 0 Å². The number of halogens is 2. The molecule has 2 aliphatic rings. The van der Waals surface area contributed by atoms with Crippen molar-refractivity contribution in [1.82, 2.24) is 0 Å². The van der Waals surface area contributed by atoms with Crippen LogP contribution in [0.2, 0.25) is 0 Å². The molecule has 0 spiro atoms. The lowest BCUT2D eigenvalue weighted by Gasteiger charge is -2.37. The molecule has 2 aliphatic heterocycles. The van der Waals surface area contributed by atoms with Gasteiger partial charge in [-0.15, -0.1) is 0 Å². The molecule has 8 heteroatoms. The number of hydrogen-bond donors (Lipinski definition) is 0. The van der Waals surface area contributed by atoms with Gasteiger partial charge in [0.25, 0.3) is 0 Å². The summed E-state index contributed by atoms with van der Waals surface area (Å²) in [6, 6.07) is 1.33. The molecular formula is C19H26BF2NO4. The Bertz CT molecular complexity index is 730. The Morgan fingerprint density at radius 1 is 1.07 bits per heavy atom. The van der Waals surface area contributed by atoms with Crippen LogP contribution >= 0.6 is 0 Å². The minimum atomic E-state index is -1.08. The molecule has 148 valence electrons. The number of anilines is 1. The van der Waals surface area contributed by atoms with Gasteiger partial charge in [0.05, 0.1) is 29.1 Å². The molecule has 0 saturated carbocycles. The maximum absolute atomic E-state index is 15.1. The first kappa shape index (κ1) is 20.2. The van der Waals surface area contributed by atoms with E-state index in [4.69, 9.17) is 14.0 Å². The summed E-state index contributed by atoms with van der Waals surface area (Å²) >= 11 is 0. The molecule has 2 saturated heterocycles. The van der Waals surface area contributed by atoms with Gasteiger partial charge in [-0.25, -0.2) is 8.78 Å². The average molecular weight is 381 g/mol. The fourth-order valence-corrected chi connectivity index (χ4v) is 3.57. The highest BCUT2D eigenvalue weighted by Crippen LogP contribution is 2.37. The van der Waals surface area contributed by atoms with Crippen molar-refractivity contribution in [1.29, 1.82) is 0 Å². The zero-order valence-corrected chi connectivity index (χ0v) is 16.6. The van der Waals surface area contributed by atoms with Gasteiger partial charge in [-0.05, 0) is 47.6 Å². The molecular weight excluding hydrogens is 355 g/mol. The van der Waals surface area contributed by atoms with Crippen molar-refractivity contribution >= 4 is 24.6 Å². The van der Waals surface area contributed by atoms with Crippen LogP contribution in [-0.4, -0.2) is 49.9 Å². The molecule has 1 aromatic carbocycles. The molecule has 3 rings (SSSR count). The molecule has 0 aromatic heterocycles. The van der Waals surface area contributed by atoms with E-state index in [-0.39, 0.29) is 28.9 Å². The molecule has 0 aliphatic carbocycles. The van der Waals surface area contributed by atoms with Crippen LogP contribution in [0, 0.1) is 11.6 Å². The largest absolute Gasteiger partial charge is 0.497 e. The summed E-state index contributed by atoms with van der Waals surface area (Å²) in [5.74, 6) is -2.12. The van der Waals surface area contributed by atoms with Crippen LogP contribution < -0.4 is 10.4 Å². The van der Waals surface area contributed by atoms with Crippen molar-refractivity contribution in [3.05, 3.63) is 23.3 Å². The molecule has 5 nitrogen and oxygen atoms in total. The maximum Gasteiger partial charge on any atom is 0.497 e. The lowest BCUT2D eigenvalue weighted by molar-refractivity contribution is -0.00546. The number of rotatable bonds is 3. The number of benzene rings is 1. The van der Waals surface area contributed by atoms with Crippen LogP contribution in [0.25, 0.3) is 0 Å². The molecule has 2 fully saturated rings. The number of aldehydes is 1. The molecule has 0 radical (unpaired) electrons. The van der Waals surface area contributed by atoms with Crippen molar-refractivity contribution in [2.45, 2.75) is 65.0 Å². The van der Waals surface area contributed by atoms with Crippen molar-refractivity contribution in [3.8, 4) is 0 Å². The second-order valence-electron chi connectivity index (χ2n) is 8.40. The summed E-state index contributed by atoms with van der Waals surface area (Å²) in [5.41, 5.74) is -1.47. The minimum Gasteiger partial charge on any atom is -0.399 e. The van der Waals surface area contributed by atoms with E-state index in [1.807, 2.05) is 41.5 Å². The quantitative estimate of drug-likeness (QED) is 0.595. The van der Waals surface area contributed by atoms with Gasteiger partial charge in [0.15, 0.2) is 17.9 Å². The molecule has 0 unspecified atom stereocenters. The lowest BCUT2D eigenvalue weighted by Crippen LogP contribution is -2.47. The van der Waals surface area contributed by atoms with E-state index in [1.54, 1.807) is 4.90 Å². The normalized spacial score (nSPS) is 27.1. The van der Waals surface area contributed by atoms with E-state index in [1.165, 1.54) is 6.07 Å². The van der Waals surface area contributed by atoms with Crippen molar-refractivity contribution in [3.63, 3.8) is 0 Å². The summed E-state index contributed by atoms with van der Waals surface area (Å²) in [7, 11) is -1.08. The Labute approximate surface area is 159 Å². The third-order valence-corrected chi connectivity index (χ3v) is 5.61. The molecule has 27 heavy (non-hydrogen) atoms. The van der Waals surface area contributed by atoms with E-state index in [9.17, 15) is 9.18 Å². The Balaban J connectivity index is 2.03. The Kier molecular flexibility index (Phi) is 5.12. The van der Waals surface area contributed by atoms with Crippen LogP contribution in [0.3, 0.4) is 0 Å². The summed E-state index contributed by atoms with van der Waals surface area (Å²) in [6.07, 6.45) is 0.231. The summed E-state index contributed by atoms with van der Waals surface area (Å²) in [5, 5.41) is 0. The van der Waals surface area contributed by atoms with Gasteiger partial charge in [-0.1, -0.05) is 0 Å². The highest BCUT2D eigenvalue weighted by Gasteiger charge is 2.53. The fourth-order valence-electron chi connectivity index (χ4n) is 3.57. The monoisotopic (exact) mass is 381 g/mol. The predicted molar refractivity (Wildman–Crippen MR) is 99.7 cm³/mol. The first-order chi connectivity index (χ1) is 12.5. The highest BCUT2D eigenvalue weighted by atomic mass is 19.2. The van der Waals surface area contributed by atoms with Crippen molar-refractivity contribution in [2.24, 2.45) is 0 Å². The van der Waals surface area contributed by atoms with Crippen LogP contribution in [-0.2, 0) is 14.0 Å². The number of hydrogen-bond acceptors (Lipinski definition) is 5. The SMILES string of the molecule is C[C@@H]1CN(c2c(C=O)cc(B3OC(C)(C)C(C)(C)O3)c(F)c2F)C[C@@H](C)O1. The first-order valence-electron chi connectivity index (χ1n) is 9.20. The maximum atomic E-state index is 15.1. The summed E-state index contributed by atoms with van der Waals surface area (Å²) in [4.78, 5) is 13.4. The second-order valence-corrected chi connectivity index (χ2v) is 8.40. The molecule has 0 amide bonds. The molecule has 2 heterocycles. The van der Waals surface area contributed by atoms with E-state index in [2.05, 4.69) is 0 Å². The van der Waals surface area contributed by atoms with Gasteiger partial charge in [-0.2, -0.15) is 0 Å².